The van der Waals surface area contributed by atoms with Gasteiger partial charge in [-0.15, -0.1) is 0 Å². The molecule has 1 aromatic heterocycles. The molecule has 108 valence electrons. The molecule has 0 atom stereocenters. The molecule has 1 aliphatic carbocycles. The largest absolute Gasteiger partial charge is 0.353 e. The molecule has 0 radical (unpaired) electrons. The number of nitrogens with zero attached hydrogens (tertiary/aromatic N) is 2. The minimum atomic E-state index is 0.630. The smallest absolute Gasteiger partial charge is 0.203 e. The highest BCUT2D eigenvalue weighted by molar-refractivity contribution is 5.30. The molecule has 3 nitrogen and oxygen atoms in total. The van der Waals surface area contributed by atoms with E-state index in [0.29, 0.717) is 6.04 Å². The molecule has 1 heterocycles. The number of imidazole rings is 1. The second-order valence-electron chi connectivity index (χ2n) is 6.02. The minimum absolute atomic E-state index is 0.630. The number of anilines is 1. The minimum Gasteiger partial charge on any atom is -0.353 e. The van der Waals surface area contributed by atoms with Crippen LogP contribution in [0.3, 0.4) is 0 Å². The molecule has 0 bridgehead atoms. The zero-order valence-electron chi connectivity index (χ0n) is 12.8. The van der Waals surface area contributed by atoms with Crippen LogP contribution >= 0.6 is 0 Å². The van der Waals surface area contributed by atoms with E-state index in [1.165, 1.54) is 44.9 Å². The van der Waals surface area contributed by atoms with Gasteiger partial charge in [-0.2, -0.15) is 0 Å². The number of aryl methyl sites for hydroxylation is 2. The molecule has 1 N–H and O–H groups in total. The highest BCUT2D eigenvalue weighted by Gasteiger charge is 2.21. The van der Waals surface area contributed by atoms with E-state index < -0.39 is 0 Å². The van der Waals surface area contributed by atoms with E-state index in [9.17, 15) is 0 Å². The van der Waals surface area contributed by atoms with Crippen LogP contribution in [0.4, 0.5) is 5.95 Å². The lowest BCUT2D eigenvalue weighted by Crippen LogP contribution is -2.27. The Bertz CT molecular complexity index is 375. The van der Waals surface area contributed by atoms with E-state index in [1.807, 2.05) is 0 Å². The van der Waals surface area contributed by atoms with Crippen LogP contribution in [0.15, 0.2) is 6.20 Å². The fourth-order valence-electron chi connectivity index (χ4n) is 3.06. The van der Waals surface area contributed by atoms with Gasteiger partial charge in [0.2, 0.25) is 5.95 Å². The second-order valence-corrected chi connectivity index (χ2v) is 6.02. The zero-order chi connectivity index (χ0) is 13.7. The molecule has 2 rings (SSSR count). The van der Waals surface area contributed by atoms with Gasteiger partial charge in [-0.25, -0.2) is 4.98 Å². The van der Waals surface area contributed by atoms with Gasteiger partial charge in [-0.05, 0) is 44.9 Å². The summed E-state index contributed by atoms with van der Waals surface area (Å²) in [7, 11) is 0. The highest BCUT2D eigenvalue weighted by atomic mass is 15.2. The highest BCUT2D eigenvalue weighted by Crippen LogP contribution is 2.28. The number of hydrogen-bond acceptors (Lipinski definition) is 2. The fourth-order valence-corrected chi connectivity index (χ4v) is 3.06. The molecule has 0 spiro atoms. The quantitative estimate of drug-likeness (QED) is 0.825. The Kier molecular flexibility index (Phi) is 5.29. The summed E-state index contributed by atoms with van der Waals surface area (Å²) >= 11 is 0. The molecule has 19 heavy (non-hydrogen) atoms. The van der Waals surface area contributed by atoms with Crippen LogP contribution in [-0.4, -0.2) is 15.6 Å². The fraction of sp³-hybridized carbons (Fsp3) is 0.812. The van der Waals surface area contributed by atoms with Gasteiger partial charge in [0.25, 0.3) is 0 Å². The third kappa shape index (κ3) is 3.99. The van der Waals surface area contributed by atoms with Crippen LogP contribution in [0.25, 0.3) is 0 Å². The van der Waals surface area contributed by atoms with Crippen LogP contribution in [-0.2, 0) is 6.54 Å². The van der Waals surface area contributed by atoms with Crippen LogP contribution in [0.2, 0.25) is 0 Å². The van der Waals surface area contributed by atoms with Gasteiger partial charge < -0.3 is 9.88 Å². The normalized spacial score (nSPS) is 23.5. The number of unbranched alkanes of at least 4 members (excludes halogenated alkanes) is 1. The first kappa shape index (κ1) is 14.4. The van der Waals surface area contributed by atoms with Gasteiger partial charge in [0.1, 0.15) is 0 Å². The SMILES string of the molecule is CCCCn1cc(C)nc1NC1CCC(CC)CC1. The summed E-state index contributed by atoms with van der Waals surface area (Å²) in [4.78, 5) is 4.65. The number of rotatable bonds is 6. The Hall–Kier alpha value is -0.990. The molecule has 1 aromatic rings. The number of nitrogens with one attached hydrogen (secondary N) is 1. The molecular formula is C16H29N3. The number of hydrogen-bond donors (Lipinski definition) is 1. The maximum absolute atomic E-state index is 4.65. The molecule has 0 aromatic carbocycles. The van der Waals surface area contributed by atoms with Gasteiger partial charge in [0.15, 0.2) is 0 Å². The van der Waals surface area contributed by atoms with Crippen LogP contribution in [0.5, 0.6) is 0 Å². The summed E-state index contributed by atoms with van der Waals surface area (Å²) in [6, 6.07) is 0.630. The number of aromatic nitrogens is 2. The van der Waals surface area contributed by atoms with Gasteiger partial charge in [-0.1, -0.05) is 26.7 Å². The lowest BCUT2D eigenvalue weighted by atomic mass is 9.85. The Morgan fingerprint density at radius 2 is 2.00 bits per heavy atom. The molecule has 1 fully saturated rings. The zero-order valence-corrected chi connectivity index (χ0v) is 12.8. The van der Waals surface area contributed by atoms with Crippen molar-refractivity contribution in [2.45, 2.75) is 78.3 Å². The topological polar surface area (TPSA) is 29.9 Å². The Balaban J connectivity index is 1.91. The molecule has 1 aliphatic rings. The standard InChI is InChI=1S/C16H29N3/c1-4-6-11-19-12-13(3)17-16(19)18-15-9-7-14(5-2)8-10-15/h12,14-15H,4-11H2,1-3H3,(H,17,18). The first-order valence-corrected chi connectivity index (χ1v) is 8.03. The van der Waals surface area contributed by atoms with E-state index in [-0.39, 0.29) is 0 Å². The lowest BCUT2D eigenvalue weighted by molar-refractivity contribution is 0.329. The Morgan fingerprint density at radius 3 is 2.63 bits per heavy atom. The molecule has 0 saturated heterocycles. The van der Waals surface area contributed by atoms with Crippen molar-refractivity contribution >= 4 is 5.95 Å². The summed E-state index contributed by atoms with van der Waals surface area (Å²) in [6.07, 6.45) is 11.3. The first-order valence-electron chi connectivity index (χ1n) is 8.03. The molecule has 0 amide bonds. The molecule has 1 saturated carbocycles. The van der Waals surface area contributed by atoms with Gasteiger partial charge in [-0.3, -0.25) is 0 Å². The van der Waals surface area contributed by atoms with Crippen LogP contribution in [0.1, 0.15) is 64.5 Å². The van der Waals surface area contributed by atoms with Crippen LogP contribution < -0.4 is 5.32 Å². The van der Waals surface area contributed by atoms with E-state index >= 15 is 0 Å². The van der Waals surface area contributed by atoms with Crippen molar-refractivity contribution in [1.82, 2.24) is 9.55 Å². The Morgan fingerprint density at radius 1 is 1.26 bits per heavy atom. The molecule has 0 aliphatic heterocycles. The maximum Gasteiger partial charge on any atom is 0.203 e. The predicted molar refractivity (Wildman–Crippen MR) is 81.5 cm³/mol. The lowest BCUT2D eigenvalue weighted by Gasteiger charge is -2.28. The summed E-state index contributed by atoms with van der Waals surface area (Å²) in [6.45, 7) is 7.73. The molecule has 0 unspecified atom stereocenters. The average Bonchev–Trinajstić information content (AvgIpc) is 2.77. The molecular weight excluding hydrogens is 234 g/mol. The van der Waals surface area contributed by atoms with Gasteiger partial charge in [0, 0.05) is 18.8 Å². The predicted octanol–water partition coefficient (Wildman–Crippen LogP) is 4.37. The van der Waals surface area contributed by atoms with E-state index in [2.05, 4.69) is 41.8 Å². The van der Waals surface area contributed by atoms with Crippen molar-refractivity contribution in [2.75, 3.05) is 5.32 Å². The maximum atomic E-state index is 4.65. The van der Waals surface area contributed by atoms with Crippen molar-refractivity contribution in [3.8, 4) is 0 Å². The van der Waals surface area contributed by atoms with Gasteiger partial charge >= 0.3 is 0 Å². The van der Waals surface area contributed by atoms with E-state index in [1.54, 1.807) is 0 Å². The van der Waals surface area contributed by atoms with Crippen LogP contribution in [0, 0.1) is 12.8 Å². The van der Waals surface area contributed by atoms with Crippen molar-refractivity contribution in [2.24, 2.45) is 5.92 Å². The van der Waals surface area contributed by atoms with E-state index in [4.69, 9.17) is 0 Å². The summed E-state index contributed by atoms with van der Waals surface area (Å²) in [5.41, 5.74) is 1.13. The summed E-state index contributed by atoms with van der Waals surface area (Å²) in [5, 5.41) is 3.68. The van der Waals surface area contributed by atoms with E-state index in [0.717, 1.165) is 24.1 Å². The summed E-state index contributed by atoms with van der Waals surface area (Å²) in [5.74, 6) is 2.05. The second kappa shape index (κ2) is 6.97. The third-order valence-corrected chi connectivity index (χ3v) is 4.41. The Labute approximate surface area is 117 Å². The average molecular weight is 263 g/mol. The van der Waals surface area contributed by atoms with Crippen molar-refractivity contribution < 1.29 is 0 Å². The summed E-state index contributed by atoms with van der Waals surface area (Å²) < 4.78 is 2.30. The van der Waals surface area contributed by atoms with Crippen molar-refractivity contribution in [1.29, 1.82) is 0 Å². The first-order chi connectivity index (χ1) is 9.22. The van der Waals surface area contributed by atoms with Crippen molar-refractivity contribution in [3.63, 3.8) is 0 Å². The van der Waals surface area contributed by atoms with Crippen molar-refractivity contribution in [3.05, 3.63) is 11.9 Å². The third-order valence-electron chi connectivity index (χ3n) is 4.41. The monoisotopic (exact) mass is 263 g/mol. The van der Waals surface area contributed by atoms with Gasteiger partial charge in [0.05, 0.1) is 5.69 Å². The molecule has 3 heteroatoms.